The van der Waals surface area contributed by atoms with E-state index < -0.39 is 23.1 Å². The van der Waals surface area contributed by atoms with E-state index in [4.69, 9.17) is 11.6 Å². The van der Waals surface area contributed by atoms with Gasteiger partial charge in [0.25, 0.3) is 5.91 Å². The van der Waals surface area contributed by atoms with Gasteiger partial charge in [0, 0.05) is 6.54 Å². The van der Waals surface area contributed by atoms with E-state index in [0.29, 0.717) is 5.56 Å². The van der Waals surface area contributed by atoms with Gasteiger partial charge in [-0.2, -0.15) is 0 Å². The molecule has 2 rings (SSSR count). The van der Waals surface area contributed by atoms with Gasteiger partial charge in [-0.05, 0) is 18.6 Å². The zero-order valence-corrected chi connectivity index (χ0v) is 13.0. The van der Waals surface area contributed by atoms with Crippen LogP contribution in [0.4, 0.5) is 4.39 Å². The molecule has 0 bridgehead atoms. The minimum atomic E-state index is -1.34. The molecule has 0 fully saturated rings. The van der Waals surface area contributed by atoms with Gasteiger partial charge in [-0.1, -0.05) is 41.9 Å². The molecule has 0 saturated carbocycles. The summed E-state index contributed by atoms with van der Waals surface area (Å²) in [5, 5.41) is 11.9. The molecule has 1 heterocycles. The Bertz CT molecular complexity index is 739. The summed E-state index contributed by atoms with van der Waals surface area (Å²) in [6, 6.07) is 9.58. The first kappa shape index (κ1) is 16.9. The summed E-state index contributed by atoms with van der Waals surface area (Å²) in [7, 11) is 0. The van der Waals surface area contributed by atoms with Gasteiger partial charge >= 0.3 is 5.97 Å². The van der Waals surface area contributed by atoms with Gasteiger partial charge in [-0.25, -0.2) is 9.37 Å². The molecule has 0 radical (unpaired) electrons. The number of rotatable bonds is 5. The lowest BCUT2D eigenvalue weighted by Crippen LogP contribution is -2.44. The van der Waals surface area contributed by atoms with E-state index in [1.807, 2.05) is 0 Å². The first-order valence-electron chi connectivity index (χ1n) is 6.73. The Balaban J connectivity index is 2.21. The smallest absolute Gasteiger partial charge is 0.315 e. The van der Waals surface area contributed by atoms with Crippen LogP contribution in [0.1, 0.15) is 22.8 Å². The number of nitrogens with one attached hydrogen (secondary N) is 1. The molecular formula is C16H14ClFN2O3. The summed E-state index contributed by atoms with van der Waals surface area (Å²) in [6.45, 7) is 1.28. The van der Waals surface area contributed by atoms with Crippen molar-refractivity contribution < 1.29 is 19.1 Å². The average Bonchev–Trinajstić information content (AvgIpc) is 2.55. The summed E-state index contributed by atoms with van der Waals surface area (Å²) in [4.78, 5) is 27.2. The molecule has 2 aromatic rings. The standard InChI is InChI=1S/C16H14ClFN2O3/c1-16(15(22)23,10-5-3-2-4-6-10)9-20-14(21)11-7-13(17)19-8-12(11)18/h2-8H,9H2,1H3,(H,20,21)(H,22,23). The van der Waals surface area contributed by atoms with Crippen molar-refractivity contribution in [1.29, 1.82) is 0 Å². The number of hydrogen-bond acceptors (Lipinski definition) is 3. The maximum atomic E-state index is 13.6. The van der Waals surface area contributed by atoms with Crippen LogP contribution >= 0.6 is 11.6 Å². The minimum absolute atomic E-state index is 0.0272. The number of amides is 1. The summed E-state index contributed by atoms with van der Waals surface area (Å²) in [6.07, 6.45) is 0.838. The van der Waals surface area contributed by atoms with E-state index in [1.54, 1.807) is 30.3 Å². The second kappa shape index (κ2) is 6.75. The number of halogens is 2. The van der Waals surface area contributed by atoms with Gasteiger partial charge in [-0.3, -0.25) is 9.59 Å². The topological polar surface area (TPSA) is 79.3 Å². The lowest BCUT2D eigenvalue weighted by Gasteiger charge is -2.25. The fourth-order valence-electron chi connectivity index (χ4n) is 2.05. The normalized spacial score (nSPS) is 13.2. The van der Waals surface area contributed by atoms with Crippen LogP contribution in [0.15, 0.2) is 42.6 Å². The molecule has 2 N–H and O–H groups in total. The Kier molecular flexibility index (Phi) is 4.95. The number of carbonyl (C=O) groups is 2. The van der Waals surface area contributed by atoms with E-state index in [1.165, 1.54) is 6.92 Å². The number of pyridine rings is 1. The number of aromatic nitrogens is 1. The van der Waals surface area contributed by atoms with Crippen molar-refractivity contribution in [2.24, 2.45) is 0 Å². The Hall–Kier alpha value is -2.47. The first-order valence-corrected chi connectivity index (χ1v) is 7.10. The zero-order valence-electron chi connectivity index (χ0n) is 12.2. The van der Waals surface area contributed by atoms with Crippen molar-refractivity contribution in [2.75, 3.05) is 6.54 Å². The third-order valence-electron chi connectivity index (χ3n) is 3.55. The molecule has 1 aromatic heterocycles. The number of hydrogen-bond donors (Lipinski definition) is 2. The number of benzene rings is 1. The SMILES string of the molecule is CC(CNC(=O)c1cc(Cl)ncc1F)(C(=O)O)c1ccccc1. The monoisotopic (exact) mass is 336 g/mol. The molecule has 0 aliphatic heterocycles. The predicted molar refractivity (Wildman–Crippen MR) is 83.0 cm³/mol. The molecule has 5 nitrogen and oxygen atoms in total. The van der Waals surface area contributed by atoms with Crippen LogP contribution < -0.4 is 5.32 Å². The summed E-state index contributed by atoms with van der Waals surface area (Å²) >= 11 is 5.65. The molecule has 0 spiro atoms. The third-order valence-corrected chi connectivity index (χ3v) is 3.76. The first-order chi connectivity index (χ1) is 10.8. The molecular weight excluding hydrogens is 323 g/mol. The van der Waals surface area contributed by atoms with Crippen molar-refractivity contribution in [3.05, 3.63) is 64.7 Å². The van der Waals surface area contributed by atoms with Gasteiger partial charge < -0.3 is 10.4 Å². The van der Waals surface area contributed by atoms with E-state index >= 15 is 0 Å². The number of carboxylic acid groups (broad SMARTS) is 1. The van der Waals surface area contributed by atoms with Gasteiger partial charge in [0.1, 0.15) is 10.6 Å². The Labute approximate surface area is 137 Å². The van der Waals surface area contributed by atoms with Crippen LogP contribution in [0, 0.1) is 5.82 Å². The molecule has 23 heavy (non-hydrogen) atoms. The lowest BCUT2D eigenvalue weighted by atomic mass is 9.82. The maximum Gasteiger partial charge on any atom is 0.315 e. The highest BCUT2D eigenvalue weighted by molar-refractivity contribution is 6.29. The van der Waals surface area contributed by atoms with Gasteiger partial charge in [0.2, 0.25) is 0 Å². The Morgan fingerprint density at radius 3 is 2.61 bits per heavy atom. The Morgan fingerprint density at radius 2 is 2.00 bits per heavy atom. The highest BCUT2D eigenvalue weighted by Crippen LogP contribution is 2.23. The molecule has 0 aliphatic rings. The molecule has 120 valence electrons. The van der Waals surface area contributed by atoms with Gasteiger partial charge in [0.15, 0.2) is 5.82 Å². The number of carbonyl (C=O) groups excluding carboxylic acids is 1. The maximum absolute atomic E-state index is 13.6. The second-order valence-corrected chi connectivity index (χ2v) is 5.56. The van der Waals surface area contributed by atoms with Crippen molar-refractivity contribution in [3.8, 4) is 0 Å². The number of nitrogens with zero attached hydrogens (tertiary/aromatic N) is 1. The number of carboxylic acids is 1. The van der Waals surface area contributed by atoms with Crippen molar-refractivity contribution in [1.82, 2.24) is 10.3 Å². The van der Waals surface area contributed by atoms with Gasteiger partial charge in [-0.15, -0.1) is 0 Å². The Morgan fingerprint density at radius 1 is 1.35 bits per heavy atom. The van der Waals surface area contributed by atoms with Crippen LogP contribution in [0.25, 0.3) is 0 Å². The highest BCUT2D eigenvalue weighted by Gasteiger charge is 2.35. The van der Waals surface area contributed by atoms with E-state index in [9.17, 15) is 19.1 Å². The van der Waals surface area contributed by atoms with Crippen molar-refractivity contribution >= 4 is 23.5 Å². The molecule has 7 heteroatoms. The number of aliphatic carboxylic acids is 1. The van der Waals surface area contributed by atoms with Crippen LogP contribution in [0.3, 0.4) is 0 Å². The van der Waals surface area contributed by atoms with Crippen LogP contribution in [-0.2, 0) is 10.2 Å². The summed E-state index contributed by atoms with van der Waals surface area (Å²) in [5.74, 6) is -2.68. The van der Waals surface area contributed by atoms with E-state index in [-0.39, 0.29) is 17.3 Å². The fourth-order valence-corrected chi connectivity index (χ4v) is 2.20. The lowest BCUT2D eigenvalue weighted by molar-refractivity contribution is -0.142. The average molecular weight is 337 g/mol. The molecule has 0 aliphatic carbocycles. The molecule has 1 aromatic carbocycles. The minimum Gasteiger partial charge on any atom is -0.481 e. The molecule has 1 amide bonds. The van der Waals surface area contributed by atoms with Crippen molar-refractivity contribution in [3.63, 3.8) is 0 Å². The van der Waals surface area contributed by atoms with E-state index in [0.717, 1.165) is 12.3 Å². The summed E-state index contributed by atoms with van der Waals surface area (Å²) in [5.41, 5.74) is -1.10. The highest BCUT2D eigenvalue weighted by atomic mass is 35.5. The largest absolute Gasteiger partial charge is 0.481 e. The van der Waals surface area contributed by atoms with E-state index in [2.05, 4.69) is 10.3 Å². The molecule has 1 atom stereocenters. The third kappa shape index (κ3) is 3.65. The van der Waals surface area contributed by atoms with Gasteiger partial charge in [0.05, 0.1) is 11.8 Å². The predicted octanol–water partition coefficient (Wildman–Crippen LogP) is 2.65. The second-order valence-electron chi connectivity index (χ2n) is 5.17. The summed E-state index contributed by atoms with van der Waals surface area (Å²) < 4.78 is 13.6. The van der Waals surface area contributed by atoms with Crippen molar-refractivity contribution in [2.45, 2.75) is 12.3 Å². The van der Waals surface area contributed by atoms with Crippen LogP contribution in [0.5, 0.6) is 0 Å². The van der Waals surface area contributed by atoms with Crippen LogP contribution in [0.2, 0.25) is 5.15 Å². The van der Waals surface area contributed by atoms with Crippen LogP contribution in [-0.4, -0.2) is 28.5 Å². The zero-order chi connectivity index (χ0) is 17.0. The molecule has 0 saturated heterocycles. The quantitative estimate of drug-likeness (QED) is 0.823. The molecule has 1 unspecified atom stereocenters. The fraction of sp³-hybridized carbons (Fsp3) is 0.188.